The number of H-pyrrole nitrogens is 1. The van der Waals surface area contributed by atoms with Crippen molar-refractivity contribution in [3.05, 3.63) is 112 Å². The van der Waals surface area contributed by atoms with Crippen LogP contribution in [0.2, 0.25) is 0 Å². The van der Waals surface area contributed by atoms with Gasteiger partial charge in [-0.3, -0.25) is 14.3 Å². The first kappa shape index (κ1) is 32.2. The molecule has 6 rings (SSSR count). The summed E-state index contributed by atoms with van der Waals surface area (Å²) in [6.07, 6.45) is -4.68. The van der Waals surface area contributed by atoms with E-state index in [9.17, 15) is 15.0 Å². The summed E-state index contributed by atoms with van der Waals surface area (Å²) in [5.74, 6) is 1.35. The Morgan fingerprint density at radius 3 is 2.04 bits per heavy atom. The molecule has 0 spiro atoms. The van der Waals surface area contributed by atoms with Crippen molar-refractivity contribution in [1.82, 2.24) is 19.5 Å². The highest BCUT2D eigenvalue weighted by Gasteiger charge is 2.56. The van der Waals surface area contributed by atoms with Crippen molar-refractivity contribution in [3.8, 4) is 11.5 Å². The molecule has 1 aliphatic rings. The molecular formula is C35H39N5O7. The lowest BCUT2D eigenvalue weighted by Gasteiger charge is -2.45. The van der Waals surface area contributed by atoms with E-state index in [0.29, 0.717) is 18.1 Å². The highest BCUT2D eigenvalue weighted by molar-refractivity contribution is 5.70. The van der Waals surface area contributed by atoms with Crippen molar-refractivity contribution in [2.45, 2.75) is 49.9 Å². The van der Waals surface area contributed by atoms with E-state index in [1.54, 1.807) is 14.2 Å². The van der Waals surface area contributed by atoms with Gasteiger partial charge in [-0.05, 0) is 46.9 Å². The number of ether oxygens (including phenoxy) is 4. The fourth-order valence-electron chi connectivity index (χ4n) is 6.46. The monoisotopic (exact) mass is 641 g/mol. The molecule has 0 amide bonds. The largest absolute Gasteiger partial charge is 0.497 e. The van der Waals surface area contributed by atoms with Crippen LogP contribution in [0.4, 0.5) is 5.95 Å². The highest BCUT2D eigenvalue weighted by Crippen LogP contribution is 2.49. The van der Waals surface area contributed by atoms with E-state index in [-0.39, 0.29) is 23.0 Å². The third-order valence-electron chi connectivity index (χ3n) is 8.65. The van der Waals surface area contributed by atoms with Crippen LogP contribution in [0.3, 0.4) is 0 Å². The Morgan fingerprint density at radius 2 is 1.49 bits per heavy atom. The second-order valence-electron chi connectivity index (χ2n) is 12.0. The summed E-state index contributed by atoms with van der Waals surface area (Å²) in [6, 6.07) is 25.3. The number of nitrogens with zero attached hydrogens (tertiary/aromatic N) is 3. The number of aromatic nitrogens is 4. The number of nitrogens with one attached hydrogen (secondary N) is 1. The Kier molecular flexibility index (Phi) is 9.02. The SMILES string of the molecule is COc1ccc(C(c2ccccc2)(c2ccc(OC)cc2)C(OCC(C)C)[C@H]2O[C@@H](n3cnc4c(=O)[nH]c(N)nc43)[C@H](O)[C@@H]2O)cc1. The first-order valence-corrected chi connectivity index (χ1v) is 15.4. The second kappa shape index (κ2) is 13.2. The van der Waals surface area contributed by atoms with Gasteiger partial charge >= 0.3 is 0 Å². The van der Waals surface area contributed by atoms with Crippen molar-refractivity contribution < 1.29 is 29.2 Å². The molecule has 0 saturated carbocycles. The Morgan fingerprint density at radius 1 is 0.915 bits per heavy atom. The van der Waals surface area contributed by atoms with Crippen LogP contribution in [0.15, 0.2) is 90.0 Å². The van der Waals surface area contributed by atoms with Gasteiger partial charge < -0.3 is 34.9 Å². The fraction of sp³-hybridized carbons (Fsp3) is 0.343. The number of nitrogen functional groups attached to an aromatic ring is 1. The number of aliphatic hydroxyl groups is 2. The van der Waals surface area contributed by atoms with Crippen LogP contribution in [-0.4, -0.2) is 75.0 Å². The molecule has 1 unspecified atom stereocenters. The normalized spacial score (nSPS) is 20.5. The number of rotatable bonds is 11. The van der Waals surface area contributed by atoms with Crippen molar-refractivity contribution >= 4 is 17.1 Å². The number of methoxy groups -OCH3 is 2. The average Bonchev–Trinajstić information content (AvgIpc) is 3.63. The minimum Gasteiger partial charge on any atom is -0.497 e. The summed E-state index contributed by atoms with van der Waals surface area (Å²) in [7, 11) is 3.22. The molecule has 3 heterocycles. The van der Waals surface area contributed by atoms with Crippen molar-refractivity contribution in [3.63, 3.8) is 0 Å². The van der Waals surface area contributed by atoms with Gasteiger partial charge in [0.2, 0.25) is 5.95 Å². The van der Waals surface area contributed by atoms with Gasteiger partial charge in [0, 0.05) is 6.61 Å². The van der Waals surface area contributed by atoms with Crippen LogP contribution in [-0.2, 0) is 14.9 Å². The molecule has 1 fully saturated rings. The molecule has 47 heavy (non-hydrogen) atoms. The second-order valence-corrected chi connectivity index (χ2v) is 12.0. The molecular weight excluding hydrogens is 602 g/mol. The molecule has 0 radical (unpaired) electrons. The van der Waals surface area contributed by atoms with Crippen LogP contribution in [0.5, 0.6) is 11.5 Å². The van der Waals surface area contributed by atoms with E-state index in [0.717, 1.165) is 16.7 Å². The lowest BCUT2D eigenvalue weighted by molar-refractivity contribution is -0.127. The standard InChI is InChI=1S/C35H39N5O7/c1-20(2)18-46-30(29-27(41)28(42)33(47-29)40-19-37-26-31(40)38-34(36)39-32(26)43)35(21-8-6-5-7-9-21,22-10-14-24(44-3)15-11-22)23-12-16-25(45-4)17-13-23/h5-17,19-20,27-30,33,41-42H,18H2,1-4H3,(H3,36,38,39,43)/t27-,28+,29-,30?,33+/m0/s1. The van der Waals surface area contributed by atoms with Gasteiger partial charge in [0.1, 0.15) is 35.9 Å². The summed E-state index contributed by atoms with van der Waals surface area (Å²) < 4.78 is 25.9. The molecule has 0 bridgehead atoms. The number of aromatic amines is 1. The summed E-state index contributed by atoms with van der Waals surface area (Å²) in [5.41, 5.74) is 6.91. The molecule has 3 aromatic carbocycles. The first-order chi connectivity index (χ1) is 22.7. The zero-order valence-electron chi connectivity index (χ0n) is 26.6. The molecule has 0 aliphatic carbocycles. The van der Waals surface area contributed by atoms with E-state index in [1.807, 2.05) is 92.7 Å². The molecule has 5 atom stereocenters. The smallest absolute Gasteiger partial charge is 0.280 e. The van der Waals surface area contributed by atoms with E-state index in [1.165, 1.54) is 10.9 Å². The van der Waals surface area contributed by atoms with Gasteiger partial charge in [-0.25, -0.2) is 4.98 Å². The minimum absolute atomic E-state index is 0.0237. The number of benzene rings is 3. The number of aliphatic hydroxyl groups excluding tert-OH is 2. The Bertz CT molecular complexity index is 1810. The summed E-state index contributed by atoms with van der Waals surface area (Å²) in [6.45, 7) is 4.40. The predicted molar refractivity (Wildman–Crippen MR) is 175 cm³/mol. The van der Waals surface area contributed by atoms with Crippen LogP contribution < -0.4 is 20.8 Å². The topological polar surface area (TPSA) is 167 Å². The quantitative estimate of drug-likeness (QED) is 0.157. The number of hydrogen-bond donors (Lipinski definition) is 4. The third-order valence-corrected chi connectivity index (χ3v) is 8.65. The zero-order valence-corrected chi connectivity index (χ0v) is 26.6. The summed E-state index contributed by atoms with van der Waals surface area (Å²) >= 11 is 0. The van der Waals surface area contributed by atoms with E-state index in [4.69, 9.17) is 24.7 Å². The van der Waals surface area contributed by atoms with Crippen LogP contribution in [0, 0.1) is 5.92 Å². The predicted octanol–water partition coefficient (Wildman–Crippen LogP) is 3.41. The van der Waals surface area contributed by atoms with Gasteiger partial charge in [-0.2, -0.15) is 4.98 Å². The molecule has 12 nitrogen and oxygen atoms in total. The van der Waals surface area contributed by atoms with Crippen molar-refractivity contribution in [2.24, 2.45) is 5.92 Å². The van der Waals surface area contributed by atoms with E-state index >= 15 is 0 Å². The van der Waals surface area contributed by atoms with E-state index < -0.39 is 41.6 Å². The molecule has 2 aromatic heterocycles. The maximum atomic E-state index is 12.5. The lowest BCUT2D eigenvalue weighted by atomic mass is 9.63. The zero-order chi connectivity index (χ0) is 33.3. The van der Waals surface area contributed by atoms with Crippen LogP contribution >= 0.6 is 0 Å². The lowest BCUT2D eigenvalue weighted by Crippen LogP contribution is -2.54. The maximum Gasteiger partial charge on any atom is 0.280 e. The fourth-order valence-corrected chi connectivity index (χ4v) is 6.46. The molecule has 5 aromatic rings. The Balaban J connectivity index is 1.58. The van der Waals surface area contributed by atoms with Crippen LogP contribution in [0.1, 0.15) is 36.8 Å². The van der Waals surface area contributed by atoms with Gasteiger partial charge in [-0.1, -0.05) is 68.4 Å². The molecule has 12 heteroatoms. The van der Waals surface area contributed by atoms with Crippen molar-refractivity contribution in [1.29, 1.82) is 0 Å². The Hall–Kier alpha value is -4.75. The summed E-state index contributed by atoms with van der Waals surface area (Å²) in [4.78, 5) is 23.4. The molecule has 1 saturated heterocycles. The number of hydrogen-bond acceptors (Lipinski definition) is 10. The van der Waals surface area contributed by atoms with Gasteiger partial charge in [0.25, 0.3) is 5.56 Å². The molecule has 1 aliphatic heterocycles. The van der Waals surface area contributed by atoms with Crippen molar-refractivity contribution in [2.75, 3.05) is 26.6 Å². The first-order valence-electron chi connectivity index (χ1n) is 15.4. The van der Waals surface area contributed by atoms with Gasteiger partial charge in [0.05, 0.1) is 26.0 Å². The third kappa shape index (κ3) is 5.74. The number of fused-ring (bicyclic) bond motifs is 1. The van der Waals surface area contributed by atoms with E-state index in [2.05, 4.69) is 15.0 Å². The van der Waals surface area contributed by atoms with Crippen LogP contribution in [0.25, 0.3) is 11.2 Å². The highest BCUT2D eigenvalue weighted by atomic mass is 16.6. The Labute approximate surface area is 271 Å². The molecule has 246 valence electrons. The maximum absolute atomic E-state index is 12.5. The summed E-state index contributed by atoms with van der Waals surface area (Å²) in [5, 5.41) is 23.5. The minimum atomic E-state index is -1.44. The number of nitrogens with two attached hydrogens (primary N) is 1. The average molecular weight is 642 g/mol. The number of anilines is 1. The van der Waals surface area contributed by atoms with Gasteiger partial charge in [0.15, 0.2) is 17.4 Å². The number of imidazole rings is 1. The van der Waals surface area contributed by atoms with Gasteiger partial charge in [-0.15, -0.1) is 0 Å². The molecule has 5 N–H and O–H groups in total.